The van der Waals surface area contributed by atoms with Crippen LogP contribution in [0.4, 0.5) is 5.69 Å². The van der Waals surface area contributed by atoms with Crippen molar-refractivity contribution in [2.24, 2.45) is 0 Å². The summed E-state index contributed by atoms with van der Waals surface area (Å²) in [5.41, 5.74) is 0.964. The van der Waals surface area contributed by atoms with E-state index in [9.17, 15) is 4.79 Å². The topological polar surface area (TPSA) is 45.5 Å². The second-order valence-electron chi connectivity index (χ2n) is 5.02. The van der Waals surface area contributed by atoms with Gasteiger partial charge in [-0.05, 0) is 32.0 Å². The van der Waals surface area contributed by atoms with Crippen molar-refractivity contribution in [3.63, 3.8) is 0 Å². The van der Waals surface area contributed by atoms with Crippen LogP contribution in [0, 0.1) is 0 Å². The molecule has 1 aliphatic rings. The lowest BCUT2D eigenvalue weighted by Crippen LogP contribution is -2.45. The number of carbonyl (C=O) groups is 1. The number of nitrogens with one attached hydrogen (secondary N) is 1. The highest BCUT2D eigenvalue weighted by Gasteiger charge is 2.25. The SMILES string of the molecule is CC(=O)N(c1cccc2cocc12)C1CCNCC1. The number of benzene rings is 1. The Labute approximate surface area is 112 Å². The van der Waals surface area contributed by atoms with Crippen LogP contribution in [0.3, 0.4) is 0 Å². The van der Waals surface area contributed by atoms with E-state index in [4.69, 9.17) is 4.42 Å². The molecule has 1 aromatic carbocycles. The fraction of sp³-hybridized carbons (Fsp3) is 0.400. The zero-order chi connectivity index (χ0) is 13.2. The van der Waals surface area contributed by atoms with Crippen LogP contribution in [-0.4, -0.2) is 25.0 Å². The Morgan fingerprint density at radius 2 is 2.11 bits per heavy atom. The minimum absolute atomic E-state index is 0.0978. The normalized spacial score (nSPS) is 16.7. The number of hydrogen-bond donors (Lipinski definition) is 1. The van der Waals surface area contributed by atoms with Crippen molar-refractivity contribution >= 4 is 22.4 Å². The number of rotatable bonds is 2. The number of amides is 1. The van der Waals surface area contributed by atoms with Gasteiger partial charge in [-0.25, -0.2) is 0 Å². The maximum absolute atomic E-state index is 12.1. The van der Waals surface area contributed by atoms with Crippen LogP contribution in [0.2, 0.25) is 0 Å². The molecule has 1 fully saturated rings. The van der Waals surface area contributed by atoms with E-state index in [0.29, 0.717) is 0 Å². The molecule has 2 aromatic rings. The van der Waals surface area contributed by atoms with Crippen molar-refractivity contribution in [3.05, 3.63) is 30.7 Å². The van der Waals surface area contributed by atoms with Crippen molar-refractivity contribution in [1.82, 2.24) is 5.32 Å². The molecule has 19 heavy (non-hydrogen) atoms. The van der Waals surface area contributed by atoms with Crippen molar-refractivity contribution in [1.29, 1.82) is 0 Å². The average molecular weight is 258 g/mol. The van der Waals surface area contributed by atoms with E-state index in [0.717, 1.165) is 42.4 Å². The summed E-state index contributed by atoms with van der Waals surface area (Å²) in [6, 6.07) is 6.26. The molecular weight excluding hydrogens is 240 g/mol. The van der Waals surface area contributed by atoms with E-state index in [-0.39, 0.29) is 11.9 Å². The molecule has 100 valence electrons. The standard InChI is InChI=1S/C15H18N2O2/c1-11(18)17(13-5-7-16-8-6-13)15-4-2-3-12-9-19-10-14(12)15/h2-4,9-10,13,16H,5-8H2,1H3. The fourth-order valence-electron chi connectivity index (χ4n) is 2.88. The van der Waals surface area contributed by atoms with Gasteiger partial charge in [0.25, 0.3) is 0 Å². The van der Waals surface area contributed by atoms with E-state index in [2.05, 4.69) is 5.32 Å². The van der Waals surface area contributed by atoms with Gasteiger partial charge in [-0.2, -0.15) is 0 Å². The number of fused-ring (bicyclic) bond motifs is 1. The highest BCUT2D eigenvalue weighted by molar-refractivity contribution is 6.02. The predicted molar refractivity (Wildman–Crippen MR) is 75.3 cm³/mol. The zero-order valence-electron chi connectivity index (χ0n) is 11.1. The lowest BCUT2D eigenvalue weighted by Gasteiger charge is -2.34. The number of furan rings is 1. The zero-order valence-corrected chi connectivity index (χ0v) is 11.1. The maximum atomic E-state index is 12.1. The summed E-state index contributed by atoms with van der Waals surface area (Å²) in [7, 11) is 0. The fourth-order valence-corrected chi connectivity index (χ4v) is 2.88. The summed E-state index contributed by atoms with van der Waals surface area (Å²) in [5.74, 6) is 0.0978. The Bertz CT molecular complexity index is 585. The summed E-state index contributed by atoms with van der Waals surface area (Å²) in [5, 5.41) is 5.39. The molecule has 4 nitrogen and oxygen atoms in total. The van der Waals surface area contributed by atoms with Crippen molar-refractivity contribution in [2.45, 2.75) is 25.8 Å². The van der Waals surface area contributed by atoms with Gasteiger partial charge in [0.2, 0.25) is 5.91 Å². The molecule has 2 heterocycles. The first-order chi connectivity index (χ1) is 9.27. The first-order valence-corrected chi connectivity index (χ1v) is 6.73. The summed E-state index contributed by atoms with van der Waals surface area (Å²) >= 11 is 0. The number of carbonyl (C=O) groups excluding carboxylic acids is 1. The van der Waals surface area contributed by atoms with Gasteiger partial charge >= 0.3 is 0 Å². The summed E-state index contributed by atoms with van der Waals surface area (Å²) in [6.45, 7) is 3.58. The summed E-state index contributed by atoms with van der Waals surface area (Å²) in [6.07, 6.45) is 5.43. The van der Waals surface area contributed by atoms with Gasteiger partial charge in [-0.3, -0.25) is 4.79 Å². The van der Waals surface area contributed by atoms with Gasteiger partial charge in [0, 0.05) is 23.7 Å². The second-order valence-corrected chi connectivity index (χ2v) is 5.02. The van der Waals surface area contributed by atoms with Gasteiger partial charge in [-0.1, -0.05) is 12.1 Å². The summed E-state index contributed by atoms with van der Waals surface area (Å²) < 4.78 is 5.27. The van der Waals surface area contributed by atoms with Crippen LogP contribution in [0.15, 0.2) is 35.1 Å². The molecular formula is C15H18N2O2. The lowest BCUT2D eigenvalue weighted by molar-refractivity contribution is -0.117. The van der Waals surface area contributed by atoms with Crippen molar-refractivity contribution in [2.75, 3.05) is 18.0 Å². The van der Waals surface area contributed by atoms with Crippen LogP contribution in [0.5, 0.6) is 0 Å². The molecule has 0 atom stereocenters. The monoisotopic (exact) mass is 258 g/mol. The van der Waals surface area contributed by atoms with E-state index >= 15 is 0 Å². The molecule has 0 aliphatic carbocycles. The lowest BCUT2D eigenvalue weighted by atomic mass is 10.0. The predicted octanol–water partition coefficient (Wildman–Crippen LogP) is 2.54. The van der Waals surface area contributed by atoms with Crippen LogP contribution >= 0.6 is 0 Å². The molecule has 4 heteroatoms. The van der Waals surface area contributed by atoms with Gasteiger partial charge in [0.15, 0.2) is 0 Å². The molecule has 1 N–H and O–H groups in total. The van der Waals surface area contributed by atoms with E-state index in [1.54, 1.807) is 19.5 Å². The molecule has 0 bridgehead atoms. The molecule has 0 unspecified atom stereocenters. The largest absolute Gasteiger partial charge is 0.471 e. The third kappa shape index (κ3) is 2.24. The molecule has 0 spiro atoms. The van der Waals surface area contributed by atoms with Crippen LogP contribution in [0.25, 0.3) is 10.8 Å². The van der Waals surface area contributed by atoms with Crippen molar-refractivity contribution < 1.29 is 9.21 Å². The Kier molecular flexibility index (Phi) is 3.25. The smallest absolute Gasteiger partial charge is 0.224 e. The highest BCUT2D eigenvalue weighted by atomic mass is 16.3. The van der Waals surface area contributed by atoms with Crippen LogP contribution in [-0.2, 0) is 4.79 Å². The molecule has 1 amide bonds. The van der Waals surface area contributed by atoms with E-state index in [1.807, 2.05) is 23.1 Å². The Morgan fingerprint density at radius 1 is 1.32 bits per heavy atom. The van der Waals surface area contributed by atoms with Crippen LogP contribution in [0.1, 0.15) is 19.8 Å². The van der Waals surface area contributed by atoms with E-state index < -0.39 is 0 Å². The summed E-state index contributed by atoms with van der Waals surface area (Å²) in [4.78, 5) is 14.0. The average Bonchev–Trinajstić information content (AvgIpc) is 2.89. The molecule has 0 radical (unpaired) electrons. The Hall–Kier alpha value is -1.81. The minimum atomic E-state index is 0.0978. The quantitative estimate of drug-likeness (QED) is 0.900. The van der Waals surface area contributed by atoms with Crippen molar-refractivity contribution in [3.8, 4) is 0 Å². The molecule has 1 aliphatic heterocycles. The number of hydrogen-bond acceptors (Lipinski definition) is 3. The van der Waals surface area contributed by atoms with Crippen LogP contribution < -0.4 is 10.2 Å². The molecule has 1 saturated heterocycles. The molecule has 1 aromatic heterocycles. The maximum Gasteiger partial charge on any atom is 0.224 e. The molecule has 0 saturated carbocycles. The van der Waals surface area contributed by atoms with Gasteiger partial charge in [0.1, 0.15) is 6.26 Å². The first kappa shape index (κ1) is 12.2. The minimum Gasteiger partial charge on any atom is -0.471 e. The van der Waals surface area contributed by atoms with Gasteiger partial charge < -0.3 is 14.6 Å². The molecule has 3 rings (SSSR count). The number of anilines is 1. The Balaban J connectivity index is 2.04. The van der Waals surface area contributed by atoms with Gasteiger partial charge in [0.05, 0.1) is 12.0 Å². The third-order valence-corrected chi connectivity index (χ3v) is 3.77. The van der Waals surface area contributed by atoms with E-state index in [1.165, 1.54) is 0 Å². The Morgan fingerprint density at radius 3 is 2.84 bits per heavy atom. The number of piperidine rings is 1. The second kappa shape index (κ2) is 5.05. The highest BCUT2D eigenvalue weighted by Crippen LogP contribution is 2.30. The first-order valence-electron chi connectivity index (χ1n) is 6.73. The number of nitrogens with zero attached hydrogens (tertiary/aromatic N) is 1. The third-order valence-electron chi connectivity index (χ3n) is 3.77. The van der Waals surface area contributed by atoms with Gasteiger partial charge in [-0.15, -0.1) is 0 Å².